The summed E-state index contributed by atoms with van der Waals surface area (Å²) < 4.78 is 0. The van der Waals surface area contributed by atoms with E-state index < -0.39 is 0 Å². The van der Waals surface area contributed by atoms with Crippen molar-refractivity contribution >= 4 is 38.7 Å². The van der Waals surface area contributed by atoms with Crippen LogP contribution < -0.4 is 10.6 Å². The van der Waals surface area contributed by atoms with Crippen LogP contribution in [0.2, 0.25) is 0 Å². The molecule has 0 amide bonds. The third-order valence-electron chi connectivity index (χ3n) is 6.83. The Kier molecular flexibility index (Phi) is 4.16. The van der Waals surface area contributed by atoms with Crippen molar-refractivity contribution in [3.05, 3.63) is 96.2 Å². The van der Waals surface area contributed by atoms with E-state index in [2.05, 4.69) is 97.3 Å². The van der Waals surface area contributed by atoms with Gasteiger partial charge in [0, 0.05) is 12.1 Å². The Balaban J connectivity index is 1.68. The van der Waals surface area contributed by atoms with E-state index >= 15 is 0 Å². The SMILES string of the molecule is CC1(C)C=C2Nc3ccccc3N[C@@H](c3c4ccccc4cc4ccccc34)[C@@H]2C(=O)C1. The predicted molar refractivity (Wildman–Crippen MR) is 133 cm³/mol. The van der Waals surface area contributed by atoms with Gasteiger partial charge < -0.3 is 10.6 Å². The Morgan fingerprint density at radius 1 is 0.812 bits per heavy atom. The minimum absolute atomic E-state index is 0.166. The molecule has 0 saturated carbocycles. The number of Topliss-reactive ketones (excluding diaryl/α,β-unsaturated/α-hetero) is 1. The smallest absolute Gasteiger partial charge is 0.145 e. The third-order valence-corrected chi connectivity index (χ3v) is 6.83. The zero-order valence-corrected chi connectivity index (χ0v) is 18.4. The van der Waals surface area contributed by atoms with Gasteiger partial charge in [-0.1, -0.05) is 80.6 Å². The lowest BCUT2D eigenvalue weighted by molar-refractivity contribution is -0.124. The van der Waals surface area contributed by atoms with Gasteiger partial charge in [0.1, 0.15) is 5.78 Å². The van der Waals surface area contributed by atoms with E-state index in [-0.39, 0.29) is 23.2 Å². The molecule has 0 unspecified atom stereocenters. The molecule has 1 aliphatic carbocycles. The molecule has 0 fully saturated rings. The van der Waals surface area contributed by atoms with Gasteiger partial charge in [0.25, 0.3) is 0 Å². The summed E-state index contributed by atoms with van der Waals surface area (Å²) in [5.74, 6) is 0.00644. The average molecular weight is 419 g/mol. The molecule has 2 atom stereocenters. The highest BCUT2D eigenvalue weighted by molar-refractivity contribution is 6.04. The molecular weight excluding hydrogens is 392 g/mol. The number of rotatable bonds is 1. The fraction of sp³-hybridized carbons (Fsp3) is 0.207. The van der Waals surface area contributed by atoms with E-state index in [1.807, 2.05) is 12.1 Å². The minimum atomic E-state index is -0.273. The monoisotopic (exact) mass is 418 g/mol. The summed E-state index contributed by atoms with van der Waals surface area (Å²) in [6.07, 6.45) is 2.81. The van der Waals surface area contributed by atoms with Gasteiger partial charge in [-0.05, 0) is 50.7 Å². The first-order chi connectivity index (χ1) is 15.5. The lowest BCUT2D eigenvalue weighted by atomic mass is 9.72. The fourth-order valence-electron chi connectivity index (χ4n) is 5.52. The van der Waals surface area contributed by atoms with E-state index in [0.29, 0.717) is 6.42 Å². The molecule has 2 aliphatic rings. The first kappa shape index (κ1) is 19.1. The Morgan fingerprint density at radius 2 is 1.41 bits per heavy atom. The average Bonchev–Trinajstić information content (AvgIpc) is 2.93. The van der Waals surface area contributed by atoms with Crippen LogP contribution in [0.5, 0.6) is 0 Å². The topological polar surface area (TPSA) is 41.1 Å². The molecule has 32 heavy (non-hydrogen) atoms. The number of hydrogen-bond donors (Lipinski definition) is 2. The number of ketones is 1. The highest BCUT2D eigenvalue weighted by Gasteiger charge is 2.42. The highest BCUT2D eigenvalue weighted by Crippen LogP contribution is 2.48. The van der Waals surface area contributed by atoms with Crippen LogP contribution in [0.25, 0.3) is 21.5 Å². The van der Waals surface area contributed by atoms with Gasteiger partial charge in [-0.25, -0.2) is 0 Å². The zero-order chi connectivity index (χ0) is 21.9. The first-order valence-corrected chi connectivity index (χ1v) is 11.3. The number of carbonyl (C=O) groups excluding carboxylic acids is 1. The second-order valence-electron chi connectivity index (χ2n) is 9.73. The van der Waals surface area contributed by atoms with Crippen molar-refractivity contribution in [3.63, 3.8) is 0 Å². The van der Waals surface area contributed by atoms with Gasteiger partial charge in [-0.3, -0.25) is 4.79 Å². The number of anilines is 2. The molecule has 4 aromatic rings. The normalized spacial score (nSPS) is 21.7. The van der Waals surface area contributed by atoms with Crippen LogP contribution in [0.15, 0.2) is 90.6 Å². The van der Waals surface area contributed by atoms with Crippen molar-refractivity contribution in [1.82, 2.24) is 0 Å². The van der Waals surface area contributed by atoms with Gasteiger partial charge in [-0.2, -0.15) is 0 Å². The van der Waals surface area contributed by atoms with Crippen molar-refractivity contribution < 1.29 is 4.79 Å². The second-order valence-corrected chi connectivity index (χ2v) is 9.73. The molecule has 1 heterocycles. The van der Waals surface area contributed by atoms with Gasteiger partial charge in [0.2, 0.25) is 0 Å². The standard InChI is InChI=1S/C29H26N2O/c1-29(2)16-24-27(25(32)17-29)28(31-23-14-8-7-13-22(23)30-24)26-20-11-5-3-9-18(20)15-19-10-4-6-12-21(19)26/h3-16,27-28,30-31H,17H2,1-2H3/t27-,28-/m0/s1. The molecule has 6 rings (SSSR count). The van der Waals surface area contributed by atoms with E-state index in [1.54, 1.807) is 0 Å². The molecule has 4 aromatic carbocycles. The Hall–Kier alpha value is -3.59. The van der Waals surface area contributed by atoms with Crippen molar-refractivity contribution in [2.24, 2.45) is 11.3 Å². The maximum atomic E-state index is 13.7. The maximum Gasteiger partial charge on any atom is 0.145 e. The van der Waals surface area contributed by atoms with Crippen LogP contribution >= 0.6 is 0 Å². The number of carbonyl (C=O) groups is 1. The number of hydrogen-bond acceptors (Lipinski definition) is 3. The molecule has 158 valence electrons. The zero-order valence-electron chi connectivity index (χ0n) is 18.4. The van der Waals surface area contributed by atoms with Crippen LogP contribution in [-0.4, -0.2) is 5.78 Å². The number of benzene rings is 4. The van der Waals surface area contributed by atoms with Crippen molar-refractivity contribution in [2.45, 2.75) is 26.3 Å². The van der Waals surface area contributed by atoms with Crippen LogP contribution in [-0.2, 0) is 4.79 Å². The number of para-hydroxylation sites is 2. The van der Waals surface area contributed by atoms with Crippen LogP contribution in [0.1, 0.15) is 31.9 Å². The summed E-state index contributed by atoms with van der Waals surface area (Å²) in [5.41, 5.74) is 4.07. The largest absolute Gasteiger partial charge is 0.375 e. The summed E-state index contributed by atoms with van der Waals surface area (Å²) in [5, 5.41) is 12.2. The summed E-state index contributed by atoms with van der Waals surface area (Å²) in [6, 6.07) is 27.4. The molecule has 3 heteroatoms. The summed E-state index contributed by atoms with van der Waals surface area (Å²) in [6.45, 7) is 4.28. The Bertz CT molecular complexity index is 1360. The molecule has 0 saturated heterocycles. The van der Waals surface area contributed by atoms with Crippen LogP contribution in [0.3, 0.4) is 0 Å². The molecule has 0 radical (unpaired) electrons. The quantitative estimate of drug-likeness (QED) is 0.325. The molecule has 1 aliphatic heterocycles. The minimum Gasteiger partial charge on any atom is -0.375 e. The summed E-state index contributed by atoms with van der Waals surface area (Å²) >= 11 is 0. The van der Waals surface area contributed by atoms with Gasteiger partial charge in [0.05, 0.1) is 23.3 Å². The van der Waals surface area contributed by atoms with Crippen molar-refractivity contribution in [3.8, 4) is 0 Å². The molecule has 2 N–H and O–H groups in total. The van der Waals surface area contributed by atoms with E-state index in [0.717, 1.165) is 17.1 Å². The first-order valence-electron chi connectivity index (χ1n) is 11.3. The Labute approximate surface area is 188 Å². The molecule has 0 bridgehead atoms. The lowest BCUT2D eigenvalue weighted by Crippen LogP contribution is -2.36. The van der Waals surface area contributed by atoms with E-state index in [9.17, 15) is 4.79 Å². The van der Waals surface area contributed by atoms with Crippen molar-refractivity contribution in [1.29, 1.82) is 0 Å². The summed E-state index contributed by atoms with van der Waals surface area (Å²) in [7, 11) is 0. The molecule has 0 spiro atoms. The lowest BCUT2D eigenvalue weighted by Gasteiger charge is -2.36. The number of fused-ring (bicyclic) bond motifs is 4. The van der Waals surface area contributed by atoms with Gasteiger partial charge in [0.15, 0.2) is 0 Å². The molecule has 3 nitrogen and oxygen atoms in total. The molecule has 0 aromatic heterocycles. The number of allylic oxidation sites excluding steroid dienone is 1. The molecular formula is C29H26N2O. The number of nitrogens with one attached hydrogen (secondary N) is 2. The van der Waals surface area contributed by atoms with Crippen molar-refractivity contribution in [2.75, 3.05) is 10.6 Å². The Morgan fingerprint density at radius 3 is 2.09 bits per heavy atom. The third kappa shape index (κ3) is 3.00. The van der Waals surface area contributed by atoms with E-state index in [4.69, 9.17) is 0 Å². The second kappa shape index (κ2) is 6.96. The van der Waals surface area contributed by atoms with Gasteiger partial charge >= 0.3 is 0 Å². The summed E-state index contributed by atoms with van der Waals surface area (Å²) in [4.78, 5) is 13.7. The van der Waals surface area contributed by atoms with Crippen LogP contribution in [0, 0.1) is 11.3 Å². The predicted octanol–water partition coefficient (Wildman–Crippen LogP) is 7.07. The van der Waals surface area contributed by atoms with E-state index in [1.165, 1.54) is 27.1 Å². The fourth-order valence-corrected chi connectivity index (χ4v) is 5.52. The highest BCUT2D eigenvalue weighted by atomic mass is 16.1. The maximum absolute atomic E-state index is 13.7. The van der Waals surface area contributed by atoms with Crippen LogP contribution in [0.4, 0.5) is 11.4 Å². The van der Waals surface area contributed by atoms with Gasteiger partial charge in [-0.15, -0.1) is 0 Å².